The lowest BCUT2D eigenvalue weighted by atomic mass is 9.87. The van der Waals surface area contributed by atoms with Crippen molar-refractivity contribution in [1.29, 1.82) is 0 Å². The number of anilines is 2. The molecule has 1 saturated heterocycles. The van der Waals surface area contributed by atoms with E-state index >= 15 is 0 Å². The number of imidazole rings is 1. The van der Waals surface area contributed by atoms with Gasteiger partial charge in [-0.15, -0.1) is 0 Å². The van der Waals surface area contributed by atoms with E-state index in [-0.39, 0.29) is 41.6 Å². The number of fused-ring (bicyclic) bond motifs is 2. The van der Waals surface area contributed by atoms with Gasteiger partial charge in [-0.3, -0.25) is 32.5 Å². The molecule has 10 N–H and O–H groups in total. The topological polar surface area (TPSA) is 367 Å². The lowest BCUT2D eigenvalue weighted by molar-refractivity contribution is -0.137. The molecule has 65 heavy (non-hydrogen) atoms. The molecule has 3 heterocycles. The first-order valence-electron chi connectivity index (χ1n) is 19.6. The maximum atomic E-state index is 12.7. The molecular formula is C36H51N8O17P3S. The number of thioether (sulfide) groups is 1. The Labute approximate surface area is 375 Å². The smallest absolute Gasteiger partial charge is 0.386 e. The first-order valence-corrected chi connectivity index (χ1v) is 25.1. The minimum absolute atomic E-state index is 0.0285. The number of aliphatic hydroxyl groups excluding tert-OH is 2. The standard InChI is InChI=1S/C36H51N8O17P3S/c1-36(2,31(48)34(49)39-12-11-26(45)38-13-14-65-27(46)10-6-21-5-7-23-16-24(43(3)4)9-8-22(23)15-21)18-58-64(55,56)61-63(53,54)57-17-25-30(60-62(50,51)52)29(47)35(59-25)44-20-42-28-32(37)40-19-41-33(28)44/h5,7-9,15-16,19-20,25,29-31,35,47-48H,6,10-14,17-18H2,1-4H3,(H,38,45)(H,39,49)(H,53,54)(H,55,56)(H2,37,40,41)(H2,50,51,52)/t25-,29-,30-,31+,35-/m1/s1. The maximum Gasteiger partial charge on any atom is 0.481 e. The Morgan fingerprint density at radius 3 is 2.37 bits per heavy atom. The molecule has 1 aliphatic heterocycles. The molecule has 2 amide bonds. The molecule has 7 atom stereocenters. The fourth-order valence-electron chi connectivity index (χ4n) is 6.33. The Balaban J connectivity index is 1.00. The van der Waals surface area contributed by atoms with E-state index in [2.05, 4.69) is 46.6 Å². The lowest BCUT2D eigenvalue weighted by Crippen LogP contribution is -2.46. The molecule has 0 bridgehead atoms. The predicted molar refractivity (Wildman–Crippen MR) is 234 cm³/mol. The Hall–Kier alpha value is -3.94. The molecule has 0 spiro atoms. The van der Waals surface area contributed by atoms with Crippen LogP contribution < -0.4 is 21.3 Å². The van der Waals surface area contributed by atoms with E-state index in [1.807, 2.05) is 43.3 Å². The highest BCUT2D eigenvalue weighted by Gasteiger charge is 2.50. The molecule has 5 rings (SSSR count). The zero-order valence-electron chi connectivity index (χ0n) is 35.4. The van der Waals surface area contributed by atoms with Crippen LogP contribution in [0.4, 0.5) is 11.5 Å². The van der Waals surface area contributed by atoms with E-state index in [0.717, 1.165) is 51.0 Å². The fourth-order valence-corrected chi connectivity index (χ4v) is 9.84. The highest BCUT2D eigenvalue weighted by atomic mass is 32.2. The van der Waals surface area contributed by atoms with Crippen LogP contribution in [0.3, 0.4) is 0 Å². The molecule has 0 aliphatic carbocycles. The number of phosphoric acid groups is 3. The second kappa shape index (κ2) is 21.8. The van der Waals surface area contributed by atoms with Gasteiger partial charge in [0, 0.05) is 56.9 Å². The summed E-state index contributed by atoms with van der Waals surface area (Å²) in [6, 6.07) is 12.3. The van der Waals surface area contributed by atoms with Crippen LogP contribution >= 0.6 is 35.2 Å². The largest absolute Gasteiger partial charge is 0.481 e. The van der Waals surface area contributed by atoms with Gasteiger partial charge >= 0.3 is 23.5 Å². The van der Waals surface area contributed by atoms with Gasteiger partial charge in [-0.25, -0.2) is 28.6 Å². The predicted octanol–water partition coefficient (Wildman–Crippen LogP) is 1.52. The van der Waals surface area contributed by atoms with Gasteiger partial charge < -0.3 is 55.8 Å². The zero-order valence-corrected chi connectivity index (χ0v) is 38.9. The Morgan fingerprint density at radius 1 is 0.969 bits per heavy atom. The summed E-state index contributed by atoms with van der Waals surface area (Å²) in [6.07, 6.45) is -6.06. The van der Waals surface area contributed by atoms with Crippen molar-refractivity contribution in [3.63, 3.8) is 0 Å². The summed E-state index contributed by atoms with van der Waals surface area (Å²) in [5.41, 5.74) is 6.39. The SMILES string of the molecule is CN(C)c1ccc2cc(CCC(=O)SCCNC(=O)CCNC(=O)[C@H](O)C(C)(C)COP(=O)(O)OP(=O)(O)OC[C@H]3O[C@@H](n4cnc5c(N)ncnc54)[C@H](O)[C@@H]3OP(=O)(O)O)ccc2c1. The third kappa shape index (κ3) is 14.8. The monoisotopic (exact) mass is 992 g/mol. The number of aryl methyl sites for hydroxylation is 1. The van der Waals surface area contributed by atoms with Crippen molar-refractivity contribution < 1.29 is 80.5 Å². The third-order valence-electron chi connectivity index (χ3n) is 9.79. The van der Waals surface area contributed by atoms with Gasteiger partial charge in [0.25, 0.3) is 0 Å². The first-order chi connectivity index (χ1) is 30.3. The van der Waals surface area contributed by atoms with Crippen molar-refractivity contribution >= 4 is 85.6 Å². The van der Waals surface area contributed by atoms with Crippen molar-refractivity contribution in [3.05, 3.63) is 54.6 Å². The molecule has 1 aliphatic rings. The molecule has 25 nitrogen and oxygen atoms in total. The quantitative estimate of drug-likeness (QED) is 0.0376. The normalized spacial score (nSPS) is 20.3. The summed E-state index contributed by atoms with van der Waals surface area (Å²) < 4.78 is 62.4. The van der Waals surface area contributed by atoms with Crippen LogP contribution in [0, 0.1) is 5.41 Å². The maximum absolute atomic E-state index is 12.7. The number of nitrogens with zero attached hydrogens (tertiary/aromatic N) is 5. The van der Waals surface area contributed by atoms with Crippen LogP contribution in [0.2, 0.25) is 0 Å². The van der Waals surface area contributed by atoms with E-state index in [1.165, 1.54) is 13.8 Å². The second-order valence-electron chi connectivity index (χ2n) is 15.6. The summed E-state index contributed by atoms with van der Waals surface area (Å²) >= 11 is 1.09. The van der Waals surface area contributed by atoms with E-state index in [9.17, 15) is 57.9 Å². The summed E-state index contributed by atoms with van der Waals surface area (Å²) in [7, 11) is -12.5. The fraction of sp³-hybridized carbons (Fsp3) is 0.500. The zero-order chi connectivity index (χ0) is 47.9. The number of nitrogens with two attached hydrogens (primary N) is 1. The molecule has 2 aromatic heterocycles. The van der Waals surface area contributed by atoms with Crippen molar-refractivity contribution in [2.45, 2.75) is 63.8 Å². The van der Waals surface area contributed by atoms with Gasteiger partial charge in [0.05, 0.1) is 19.5 Å². The Bertz CT molecular complexity index is 2490. The van der Waals surface area contributed by atoms with E-state index in [1.54, 1.807) is 0 Å². The van der Waals surface area contributed by atoms with Gasteiger partial charge in [0.1, 0.15) is 36.3 Å². The number of aliphatic hydroxyl groups is 2. The van der Waals surface area contributed by atoms with E-state index in [0.29, 0.717) is 18.6 Å². The second-order valence-corrected chi connectivity index (χ2v) is 20.9. The number of carbonyl (C=O) groups is 3. The van der Waals surface area contributed by atoms with Crippen LogP contribution in [-0.2, 0) is 57.1 Å². The molecule has 1 fully saturated rings. The van der Waals surface area contributed by atoms with Gasteiger partial charge in [0.2, 0.25) is 11.8 Å². The number of benzene rings is 2. The molecule has 2 aromatic carbocycles. The minimum Gasteiger partial charge on any atom is -0.386 e. The van der Waals surface area contributed by atoms with Crippen molar-refractivity contribution in [3.8, 4) is 0 Å². The number of rotatable bonds is 23. The number of nitrogens with one attached hydrogen (secondary N) is 2. The molecular weight excluding hydrogens is 941 g/mol. The molecule has 0 saturated carbocycles. The van der Waals surface area contributed by atoms with Crippen LogP contribution in [0.15, 0.2) is 49.1 Å². The van der Waals surface area contributed by atoms with Gasteiger partial charge in [-0.05, 0) is 34.9 Å². The highest BCUT2D eigenvalue weighted by Crippen LogP contribution is 2.61. The van der Waals surface area contributed by atoms with Crippen LogP contribution in [-0.4, -0.2) is 137 Å². The summed E-state index contributed by atoms with van der Waals surface area (Å²) in [5.74, 6) is -1.13. The molecule has 4 aromatic rings. The lowest BCUT2D eigenvalue weighted by Gasteiger charge is -2.30. The molecule has 29 heteroatoms. The van der Waals surface area contributed by atoms with E-state index in [4.69, 9.17) is 19.5 Å². The number of ether oxygens (including phenoxy) is 1. The molecule has 358 valence electrons. The molecule has 2 unspecified atom stereocenters. The van der Waals surface area contributed by atoms with Crippen molar-refractivity contribution in [2.24, 2.45) is 5.41 Å². The number of nitrogen functional groups attached to an aromatic ring is 1. The van der Waals surface area contributed by atoms with Crippen LogP contribution in [0.5, 0.6) is 0 Å². The van der Waals surface area contributed by atoms with E-state index < -0.39 is 84.6 Å². The van der Waals surface area contributed by atoms with Crippen molar-refractivity contribution in [1.82, 2.24) is 30.2 Å². The number of hydrogen-bond donors (Lipinski definition) is 9. The Morgan fingerprint density at radius 2 is 1.66 bits per heavy atom. The number of hydrogen-bond acceptors (Lipinski definition) is 19. The average Bonchev–Trinajstić information content (AvgIpc) is 3.79. The summed E-state index contributed by atoms with van der Waals surface area (Å²) in [4.78, 5) is 90.7. The number of phosphoric ester groups is 3. The number of carbonyl (C=O) groups excluding carboxylic acids is 3. The van der Waals surface area contributed by atoms with Crippen LogP contribution in [0.25, 0.3) is 21.9 Å². The van der Waals surface area contributed by atoms with Gasteiger partial charge in [0.15, 0.2) is 22.8 Å². The summed E-state index contributed by atoms with van der Waals surface area (Å²) in [6.45, 7) is 0.467. The number of amides is 2. The number of aromatic nitrogens is 4. The van der Waals surface area contributed by atoms with Gasteiger partial charge in [-0.2, -0.15) is 4.31 Å². The van der Waals surface area contributed by atoms with Gasteiger partial charge in [-0.1, -0.05) is 49.9 Å². The first kappa shape index (κ1) is 52.0. The third-order valence-corrected chi connectivity index (χ3v) is 13.8. The van der Waals surface area contributed by atoms with Crippen molar-refractivity contribution in [2.75, 3.05) is 56.8 Å². The Kier molecular flexibility index (Phi) is 17.4. The summed E-state index contributed by atoms with van der Waals surface area (Å²) in [5, 5.41) is 28.7. The molecule has 0 radical (unpaired) electrons. The average molecular weight is 993 g/mol. The highest BCUT2D eigenvalue weighted by molar-refractivity contribution is 8.13. The minimum atomic E-state index is -5.58. The van der Waals surface area contributed by atoms with Crippen LogP contribution in [0.1, 0.15) is 38.5 Å².